The summed E-state index contributed by atoms with van der Waals surface area (Å²) in [5.41, 5.74) is 4.57. The number of hydrogen-bond donors (Lipinski definition) is 2. The predicted molar refractivity (Wildman–Crippen MR) is 83.3 cm³/mol. The number of nitrogens with one attached hydrogen (secondary N) is 1. The van der Waals surface area contributed by atoms with E-state index >= 15 is 0 Å². The number of nitrogens with zero attached hydrogens (tertiary/aromatic N) is 5. The first-order valence-corrected chi connectivity index (χ1v) is 7.19. The van der Waals surface area contributed by atoms with Crippen molar-refractivity contribution in [3.8, 4) is 5.82 Å². The van der Waals surface area contributed by atoms with Crippen molar-refractivity contribution in [1.29, 1.82) is 0 Å². The molecule has 10 nitrogen and oxygen atoms in total. The van der Waals surface area contributed by atoms with Gasteiger partial charge in [0.05, 0.1) is 18.4 Å². The summed E-state index contributed by atoms with van der Waals surface area (Å²) in [7, 11) is 0. The minimum Gasteiger partial charge on any atom is -0.444 e. The largest absolute Gasteiger partial charge is 0.444 e. The molecule has 128 valence electrons. The van der Waals surface area contributed by atoms with Crippen LogP contribution in [0, 0.1) is 0 Å². The van der Waals surface area contributed by atoms with Crippen LogP contribution in [-0.4, -0.2) is 42.3 Å². The Morgan fingerprint density at radius 1 is 1.25 bits per heavy atom. The summed E-state index contributed by atoms with van der Waals surface area (Å²) in [6.45, 7) is 7.05. The Morgan fingerprint density at radius 3 is 2.50 bits per heavy atom. The number of carbonyl (C=O) groups is 2. The molecule has 2 aromatic rings. The van der Waals surface area contributed by atoms with E-state index in [0.29, 0.717) is 11.6 Å². The Hall–Kier alpha value is -3.04. The van der Waals surface area contributed by atoms with Crippen LogP contribution in [0.1, 0.15) is 50.0 Å². The molecule has 0 saturated heterocycles. The highest BCUT2D eigenvalue weighted by Crippen LogP contribution is 2.14. The molecule has 0 aromatic carbocycles. The number of carbonyl (C=O) groups excluding carboxylic acids is 2. The lowest BCUT2D eigenvalue weighted by molar-refractivity contribution is 0.0505. The van der Waals surface area contributed by atoms with E-state index in [-0.39, 0.29) is 5.69 Å². The van der Waals surface area contributed by atoms with Crippen molar-refractivity contribution in [3.05, 3.63) is 30.2 Å². The van der Waals surface area contributed by atoms with Crippen molar-refractivity contribution in [1.82, 2.24) is 30.0 Å². The maximum Gasteiger partial charge on any atom is 0.408 e. The molecule has 0 aliphatic rings. The van der Waals surface area contributed by atoms with Crippen LogP contribution in [0.2, 0.25) is 0 Å². The molecular formula is C14H19N7O3. The molecule has 2 heterocycles. The van der Waals surface area contributed by atoms with Gasteiger partial charge in [0.15, 0.2) is 11.6 Å². The molecule has 0 unspecified atom stereocenters. The number of alkyl carbamates (subject to hydrolysis) is 1. The van der Waals surface area contributed by atoms with Gasteiger partial charge in [-0.05, 0) is 27.7 Å². The molecule has 0 saturated carbocycles. The van der Waals surface area contributed by atoms with Crippen LogP contribution in [0.4, 0.5) is 4.79 Å². The van der Waals surface area contributed by atoms with Crippen LogP contribution in [0.15, 0.2) is 18.7 Å². The van der Waals surface area contributed by atoms with Gasteiger partial charge in [-0.25, -0.2) is 19.7 Å². The molecule has 2 aromatic heterocycles. The molecule has 2 rings (SSSR count). The maximum atomic E-state index is 11.9. The minimum atomic E-state index is -0.673. The fourth-order valence-corrected chi connectivity index (χ4v) is 1.83. The summed E-state index contributed by atoms with van der Waals surface area (Å²) in [6.07, 6.45) is 3.35. The van der Waals surface area contributed by atoms with Crippen LogP contribution in [-0.2, 0) is 4.74 Å². The maximum absolute atomic E-state index is 11.9. The van der Waals surface area contributed by atoms with Crippen LogP contribution in [0.25, 0.3) is 5.82 Å². The lowest BCUT2D eigenvalue weighted by Gasteiger charge is -2.21. The lowest BCUT2D eigenvalue weighted by Crippen LogP contribution is -2.35. The molecule has 0 spiro atoms. The molecule has 10 heteroatoms. The molecule has 0 fully saturated rings. The summed E-state index contributed by atoms with van der Waals surface area (Å²) in [6, 6.07) is -0.486. The SMILES string of the molecule is C[C@H](NC(=O)OC(C)(C)C)c1ncnn1-c1cnc(C(N)=O)cn1. The summed E-state index contributed by atoms with van der Waals surface area (Å²) in [5, 5.41) is 6.73. The zero-order valence-electron chi connectivity index (χ0n) is 13.8. The standard InChI is InChI=1S/C14H19N7O3/c1-8(20-13(23)24-14(2,3)4)12-18-7-19-21(12)10-6-16-9(5-17-10)11(15)22/h5-8H,1-4H3,(H2,15,22)(H,20,23)/t8-/m0/s1. The second-order valence-corrected chi connectivity index (χ2v) is 6.02. The number of nitrogens with two attached hydrogens (primary N) is 1. The third kappa shape index (κ3) is 4.24. The second-order valence-electron chi connectivity index (χ2n) is 6.02. The minimum absolute atomic E-state index is 0.0420. The van der Waals surface area contributed by atoms with Crippen molar-refractivity contribution in [2.45, 2.75) is 39.3 Å². The average Bonchev–Trinajstić information content (AvgIpc) is 2.94. The van der Waals surface area contributed by atoms with Gasteiger partial charge in [-0.3, -0.25) is 4.79 Å². The summed E-state index contributed by atoms with van der Waals surface area (Å²) in [4.78, 5) is 35.0. The van der Waals surface area contributed by atoms with Crippen LogP contribution >= 0.6 is 0 Å². The van der Waals surface area contributed by atoms with Crippen LogP contribution in [0.5, 0.6) is 0 Å². The smallest absolute Gasteiger partial charge is 0.408 e. The molecular weight excluding hydrogens is 314 g/mol. The Kier molecular flexibility index (Phi) is 4.77. The Morgan fingerprint density at radius 2 is 1.96 bits per heavy atom. The number of ether oxygens (including phenoxy) is 1. The topological polar surface area (TPSA) is 138 Å². The van der Waals surface area contributed by atoms with E-state index in [1.54, 1.807) is 27.7 Å². The third-order valence-electron chi connectivity index (χ3n) is 2.80. The van der Waals surface area contributed by atoms with Gasteiger partial charge in [0.2, 0.25) is 0 Å². The summed E-state index contributed by atoms with van der Waals surface area (Å²) >= 11 is 0. The van der Waals surface area contributed by atoms with E-state index in [2.05, 4.69) is 25.4 Å². The Bertz CT molecular complexity index is 734. The molecule has 0 bridgehead atoms. The van der Waals surface area contributed by atoms with Gasteiger partial charge in [0, 0.05) is 0 Å². The van der Waals surface area contributed by atoms with E-state index in [1.807, 2.05) is 0 Å². The first-order chi connectivity index (χ1) is 11.2. The van der Waals surface area contributed by atoms with Crippen molar-refractivity contribution in [2.75, 3.05) is 0 Å². The second kappa shape index (κ2) is 6.60. The predicted octanol–water partition coefficient (Wildman–Crippen LogP) is 0.742. The monoisotopic (exact) mass is 333 g/mol. The van der Waals surface area contributed by atoms with Crippen LogP contribution in [0.3, 0.4) is 0 Å². The highest BCUT2D eigenvalue weighted by molar-refractivity contribution is 5.90. The highest BCUT2D eigenvalue weighted by atomic mass is 16.6. The summed E-state index contributed by atoms with van der Waals surface area (Å²) in [5.74, 6) is 0.0974. The molecule has 3 N–H and O–H groups in total. The first-order valence-electron chi connectivity index (χ1n) is 7.19. The van der Waals surface area contributed by atoms with Gasteiger partial charge in [-0.1, -0.05) is 0 Å². The van der Waals surface area contributed by atoms with Gasteiger partial charge in [-0.15, -0.1) is 0 Å². The normalized spacial score (nSPS) is 12.5. The van der Waals surface area contributed by atoms with E-state index in [0.717, 1.165) is 0 Å². The van der Waals surface area contributed by atoms with Crippen LogP contribution < -0.4 is 11.1 Å². The van der Waals surface area contributed by atoms with Crippen molar-refractivity contribution in [3.63, 3.8) is 0 Å². The van der Waals surface area contributed by atoms with Gasteiger partial charge in [0.1, 0.15) is 17.6 Å². The fraction of sp³-hybridized carbons (Fsp3) is 0.429. The molecule has 0 aliphatic heterocycles. The number of hydrogen-bond acceptors (Lipinski definition) is 7. The van der Waals surface area contributed by atoms with Gasteiger partial charge in [-0.2, -0.15) is 9.78 Å². The molecule has 0 aliphatic carbocycles. The van der Waals surface area contributed by atoms with E-state index in [9.17, 15) is 9.59 Å². The van der Waals surface area contributed by atoms with Gasteiger partial charge >= 0.3 is 6.09 Å². The Labute approximate surface area is 138 Å². The number of primary amides is 1. The number of rotatable bonds is 4. The van der Waals surface area contributed by atoms with E-state index in [1.165, 1.54) is 23.4 Å². The molecule has 0 radical (unpaired) electrons. The van der Waals surface area contributed by atoms with Gasteiger partial charge in [0.25, 0.3) is 5.91 Å². The van der Waals surface area contributed by atoms with Crippen molar-refractivity contribution >= 4 is 12.0 Å². The van der Waals surface area contributed by atoms with E-state index < -0.39 is 23.6 Å². The van der Waals surface area contributed by atoms with Gasteiger partial charge < -0.3 is 15.8 Å². The zero-order valence-corrected chi connectivity index (χ0v) is 13.8. The van der Waals surface area contributed by atoms with Crippen molar-refractivity contribution in [2.24, 2.45) is 5.73 Å². The number of amides is 2. The molecule has 2 amide bonds. The highest BCUT2D eigenvalue weighted by Gasteiger charge is 2.21. The lowest BCUT2D eigenvalue weighted by atomic mass is 10.2. The van der Waals surface area contributed by atoms with Crippen molar-refractivity contribution < 1.29 is 14.3 Å². The first kappa shape index (κ1) is 17.3. The quantitative estimate of drug-likeness (QED) is 0.841. The average molecular weight is 333 g/mol. The Balaban J connectivity index is 2.17. The molecule has 1 atom stereocenters. The summed E-state index contributed by atoms with van der Waals surface area (Å²) < 4.78 is 6.61. The van der Waals surface area contributed by atoms with E-state index in [4.69, 9.17) is 10.5 Å². The fourth-order valence-electron chi connectivity index (χ4n) is 1.83. The third-order valence-corrected chi connectivity index (χ3v) is 2.80. The number of aromatic nitrogens is 5. The molecule has 24 heavy (non-hydrogen) atoms. The zero-order chi connectivity index (χ0) is 17.9.